The molecule has 0 radical (unpaired) electrons. The number of ether oxygens (including phenoxy) is 1. The summed E-state index contributed by atoms with van der Waals surface area (Å²) in [4.78, 5) is 11.1. The first kappa shape index (κ1) is 17.5. The Bertz CT molecular complexity index is 492. The molecular weight excluding hydrogens is 264 g/mol. The predicted molar refractivity (Wildman–Crippen MR) is 86.3 cm³/mol. The molecule has 0 saturated heterocycles. The molecule has 1 aromatic rings. The van der Waals surface area contributed by atoms with Crippen LogP contribution in [-0.2, 0) is 4.79 Å². The normalized spacial score (nSPS) is 12.2. The summed E-state index contributed by atoms with van der Waals surface area (Å²) in [6.07, 6.45) is 3.08. The van der Waals surface area contributed by atoms with E-state index in [4.69, 9.17) is 9.84 Å². The molecule has 0 heterocycles. The van der Waals surface area contributed by atoms with E-state index in [0.29, 0.717) is 6.61 Å². The topological polar surface area (TPSA) is 46.5 Å². The van der Waals surface area contributed by atoms with Crippen LogP contribution in [0.25, 0.3) is 0 Å². The van der Waals surface area contributed by atoms with Gasteiger partial charge in [0.1, 0.15) is 5.75 Å². The van der Waals surface area contributed by atoms with Gasteiger partial charge in [0.15, 0.2) is 0 Å². The van der Waals surface area contributed by atoms with E-state index in [-0.39, 0.29) is 12.3 Å². The van der Waals surface area contributed by atoms with Crippen molar-refractivity contribution < 1.29 is 14.6 Å². The average Bonchev–Trinajstić information content (AvgIpc) is 2.41. The standard InChI is InChI=1S/C18H28O3/c1-6-8-15(11-17(19)20)18-12(3)10-16(21-9-7-2)13(4)14(18)5/h10,15H,6-9,11H2,1-5H3,(H,19,20). The number of carbonyl (C=O) groups is 1. The van der Waals surface area contributed by atoms with Crippen molar-refractivity contribution in [3.63, 3.8) is 0 Å². The Hall–Kier alpha value is -1.51. The Morgan fingerprint density at radius 3 is 2.38 bits per heavy atom. The average molecular weight is 292 g/mol. The van der Waals surface area contributed by atoms with Crippen molar-refractivity contribution in [3.05, 3.63) is 28.3 Å². The third kappa shape index (κ3) is 4.48. The molecule has 0 fully saturated rings. The minimum Gasteiger partial charge on any atom is -0.493 e. The van der Waals surface area contributed by atoms with Crippen LogP contribution in [0.3, 0.4) is 0 Å². The number of hydrogen-bond donors (Lipinski definition) is 1. The van der Waals surface area contributed by atoms with Crippen LogP contribution in [0.15, 0.2) is 6.07 Å². The molecule has 1 aromatic carbocycles. The van der Waals surface area contributed by atoms with Crippen LogP contribution in [0.4, 0.5) is 0 Å². The molecule has 118 valence electrons. The molecule has 0 aliphatic rings. The molecule has 1 rings (SSSR count). The van der Waals surface area contributed by atoms with Crippen LogP contribution in [0, 0.1) is 20.8 Å². The Balaban J connectivity index is 3.22. The van der Waals surface area contributed by atoms with Gasteiger partial charge in [-0.1, -0.05) is 20.3 Å². The van der Waals surface area contributed by atoms with E-state index in [1.165, 1.54) is 11.1 Å². The quantitative estimate of drug-likeness (QED) is 0.751. The Morgan fingerprint density at radius 1 is 1.19 bits per heavy atom. The van der Waals surface area contributed by atoms with Gasteiger partial charge in [0.2, 0.25) is 0 Å². The van der Waals surface area contributed by atoms with Gasteiger partial charge in [0, 0.05) is 0 Å². The number of aryl methyl sites for hydroxylation is 1. The van der Waals surface area contributed by atoms with Crippen LogP contribution >= 0.6 is 0 Å². The lowest BCUT2D eigenvalue weighted by atomic mass is 9.83. The van der Waals surface area contributed by atoms with E-state index in [1.54, 1.807) is 0 Å². The summed E-state index contributed by atoms with van der Waals surface area (Å²) in [7, 11) is 0. The van der Waals surface area contributed by atoms with Gasteiger partial charge < -0.3 is 9.84 Å². The molecule has 3 heteroatoms. The van der Waals surface area contributed by atoms with Crippen LogP contribution in [-0.4, -0.2) is 17.7 Å². The predicted octanol–water partition coefficient (Wildman–Crippen LogP) is 4.76. The zero-order valence-electron chi connectivity index (χ0n) is 14.0. The van der Waals surface area contributed by atoms with Gasteiger partial charge in [-0.3, -0.25) is 4.79 Å². The summed E-state index contributed by atoms with van der Waals surface area (Å²) in [5.74, 6) is 0.295. The molecule has 21 heavy (non-hydrogen) atoms. The van der Waals surface area contributed by atoms with Gasteiger partial charge in [-0.25, -0.2) is 0 Å². The van der Waals surface area contributed by atoms with Crippen molar-refractivity contribution in [1.29, 1.82) is 0 Å². The molecule has 0 spiro atoms. The van der Waals surface area contributed by atoms with Crippen molar-refractivity contribution in [2.45, 2.75) is 66.2 Å². The van der Waals surface area contributed by atoms with Crippen molar-refractivity contribution >= 4 is 5.97 Å². The number of hydrogen-bond acceptors (Lipinski definition) is 2. The Kier molecular flexibility index (Phi) is 6.73. The fraction of sp³-hybridized carbons (Fsp3) is 0.611. The third-order valence-corrected chi connectivity index (χ3v) is 4.04. The van der Waals surface area contributed by atoms with E-state index in [9.17, 15) is 4.79 Å². The molecule has 1 atom stereocenters. The van der Waals surface area contributed by atoms with E-state index in [1.807, 2.05) is 0 Å². The third-order valence-electron chi connectivity index (χ3n) is 4.04. The minimum atomic E-state index is -0.726. The molecule has 1 N–H and O–H groups in total. The molecule has 0 amide bonds. The fourth-order valence-electron chi connectivity index (χ4n) is 2.96. The molecule has 0 saturated carbocycles. The number of rotatable bonds is 8. The maximum Gasteiger partial charge on any atom is 0.303 e. The fourth-order valence-corrected chi connectivity index (χ4v) is 2.96. The van der Waals surface area contributed by atoms with E-state index >= 15 is 0 Å². The van der Waals surface area contributed by atoms with Gasteiger partial charge in [-0.15, -0.1) is 0 Å². The van der Waals surface area contributed by atoms with Crippen LogP contribution in [0.1, 0.15) is 67.7 Å². The summed E-state index contributed by atoms with van der Waals surface area (Å²) >= 11 is 0. The number of carboxylic acids is 1. The molecule has 0 bridgehead atoms. The zero-order valence-corrected chi connectivity index (χ0v) is 14.0. The van der Waals surface area contributed by atoms with Gasteiger partial charge in [0.05, 0.1) is 13.0 Å². The van der Waals surface area contributed by atoms with Crippen LogP contribution in [0.2, 0.25) is 0 Å². The van der Waals surface area contributed by atoms with Gasteiger partial charge >= 0.3 is 5.97 Å². The smallest absolute Gasteiger partial charge is 0.303 e. The van der Waals surface area contributed by atoms with Crippen LogP contribution < -0.4 is 4.74 Å². The van der Waals surface area contributed by atoms with E-state index < -0.39 is 5.97 Å². The lowest BCUT2D eigenvalue weighted by molar-refractivity contribution is -0.137. The highest BCUT2D eigenvalue weighted by Gasteiger charge is 2.21. The summed E-state index contributed by atoms with van der Waals surface area (Å²) < 4.78 is 5.81. The largest absolute Gasteiger partial charge is 0.493 e. The first-order valence-corrected chi connectivity index (χ1v) is 7.87. The lowest BCUT2D eigenvalue weighted by Gasteiger charge is -2.23. The van der Waals surface area contributed by atoms with E-state index in [0.717, 1.165) is 36.1 Å². The van der Waals surface area contributed by atoms with Crippen molar-refractivity contribution in [2.24, 2.45) is 0 Å². The first-order valence-electron chi connectivity index (χ1n) is 7.87. The van der Waals surface area contributed by atoms with E-state index in [2.05, 4.69) is 40.7 Å². The number of benzene rings is 1. The van der Waals surface area contributed by atoms with Gasteiger partial charge in [-0.05, 0) is 67.9 Å². The summed E-state index contributed by atoms with van der Waals surface area (Å²) in [6, 6.07) is 2.07. The van der Waals surface area contributed by atoms with Crippen molar-refractivity contribution in [3.8, 4) is 5.75 Å². The molecule has 1 unspecified atom stereocenters. The number of carboxylic acid groups (broad SMARTS) is 1. The van der Waals surface area contributed by atoms with Crippen molar-refractivity contribution in [1.82, 2.24) is 0 Å². The SMILES string of the molecule is CCCOc1cc(C)c(C(CCC)CC(=O)O)c(C)c1C. The van der Waals surface area contributed by atoms with Gasteiger partial charge in [0.25, 0.3) is 0 Å². The van der Waals surface area contributed by atoms with Crippen molar-refractivity contribution in [2.75, 3.05) is 6.61 Å². The molecule has 0 aliphatic heterocycles. The maximum atomic E-state index is 11.1. The van der Waals surface area contributed by atoms with Crippen LogP contribution in [0.5, 0.6) is 5.75 Å². The second-order valence-corrected chi connectivity index (χ2v) is 5.79. The first-order chi connectivity index (χ1) is 9.92. The zero-order chi connectivity index (χ0) is 16.0. The summed E-state index contributed by atoms with van der Waals surface area (Å²) in [5, 5.41) is 9.17. The molecular formula is C18H28O3. The highest BCUT2D eigenvalue weighted by atomic mass is 16.5. The summed E-state index contributed by atoms with van der Waals surface area (Å²) in [5.41, 5.74) is 4.65. The molecule has 0 aromatic heterocycles. The van der Waals surface area contributed by atoms with Gasteiger partial charge in [-0.2, -0.15) is 0 Å². The number of aliphatic carboxylic acids is 1. The summed E-state index contributed by atoms with van der Waals surface area (Å²) in [6.45, 7) is 11.1. The lowest BCUT2D eigenvalue weighted by Crippen LogP contribution is -2.11. The molecule has 0 aliphatic carbocycles. The maximum absolute atomic E-state index is 11.1. The Labute approximate surface area is 128 Å². The highest BCUT2D eigenvalue weighted by Crippen LogP contribution is 2.36. The minimum absolute atomic E-state index is 0.0893. The monoisotopic (exact) mass is 292 g/mol. The second-order valence-electron chi connectivity index (χ2n) is 5.79. The highest BCUT2D eigenvalue weighted by molar-refractivity contribution is 5.68. The second kappa shape index (κ2) is 8.06. The Morgan fingerprint density at radius 2 is 1.86 bits per heavy atom. The molecule has 3 nitrogen and oxygen atoms in total.